The summed E-state index contributed by atoms with van der Waals surface area (Å²) in [4.78, 5) is 0. The summed E-state index contributed by atoms with van der Waals surface area (Å²) >= 11 is 0. The van der Waals surface area contributed by atoms with Crippen molar-refractivity contribution in [3.63, 3.8) is 0 Å². The molecule has 1 heterocycles. The number of anilines is 1. The molecule has 1 unspecified atom stereocenters. The molecule has 0 saturated carbocycles. The van der Waals surface area contributed by atoms with Gasteiger partial charge < -0.3 is 10.1 Å². The van der Waals surface area contributed by atoms with Crippen LogP contribution in [-0.4, -0.2) is 13.7 Å². The lowest BCUT2D eigenvalue weighted by Gasteiger charge is -2.10. The highest BCUT2D eigenvalue weighted by Gasteiger charge is 2.23. The molecule has 0 amide bonds. The van der Waals surface area contributed by atoms with Gasteiger partial charge in [0.05, 0.1) is 7.11 Å². The quantitative estimate of drug-likeness (QED) is 0.749. The number of ether oxygens (including phenoxy) is 1. The molecule has 13 heavy (non-hydrogen) atoms. The standard InChI is InChI=1S/C11H15NO/c1-3-8-7-12-9-5-4-6-10(13-2)11(8)9/h4-6,8,12H,3,7H2,1-2H3. The molecule has 2 nitrogen and oxygen atoms in total. The molecule has 0 aromatic heterocycles. The lowest BCUT2D eigenvalue weighted by Crippen LogP contribution is -2.00. The second-order valence-corrected chi connectivity index (χ2v) is 3.41. The normalized spacial score (nSPS) is 19.4. The molecule has 1 N–H and O–H groups in total. The van der Waals surface area contributed by atoms with Gasteiger partial charge in [-0.15, -0.1) is 0 Å². The minimum atomic E-state index is 0.617. The minimum Gasteiger partial charge on any atom is -0.496 e. The van der Waals surface area contributed by atoms with Crippen LogP contribution in [0.2, 0.25) is 0 Å². The highest BCUT2D eigenvalue weighted by atomic mass is 16.5. The Morgan fingerprint density at radius 1 is 1.54 bits per heavy atom. The highest BCUT2D eigenvalue weighted by molar-refractivity contribution is 5.63. The van der Waals surface area contributed by atoms with Gasteiger partial charge in [0.2, 0.25) is 0 Å². The molecule has 70 valence electrons. The first-order chi connectivity index (χ1) is 6.36. The van der Waals surface area contributed by atoms with Crippen LogP contribution in [-0.2, 0) is 0 Å². The van der Waals surface area contributed by atoms with Crippen LogP contribution < -0.4 is 10.1 Å². The second-order valence-electron chi connectivity index (χ2n) is 3.41. The molecule has 1 aliphatic heterocycles. The van der Waals surface area contributed by atoms with E-state index in [4.69, 9.17) is 4.74 Å². The summed E-state index contributed by atoms with van der Waals surface area (Å²) in [5, 5.41) is 3.40. The first-order valence-electron chi connectivity index (χ1n) is 4.77. The van der Waals surface area contributed by atoms with Crippen LogP contribution in [0.4, 0.5) is 5.69 Å². The van der Waals surface area contributed by atoms with E-state index in [0.717, 1.165) is 12.3 Å². The summed E-state index contributed by atoms with van der Waals surface area (Å²) < 4.78 is 5.35. The maximum atomic E-state index is 5.35. The molecule has 2 heteroatoms. The Morgan fingerprint density at radius 3 is 3.08 bits per heavy atom. The largest absolute Gasteiger partial charge is 0.496 e. The minimum absolute atomic E-state index is 0.617. The van der Waals surface area contributed by atoms with E-state index in [1.165, 1.54) is 17.7 Å². The molecule has 0 radical (unpaired) electrons. The molecule has 1 aromatic carbocycles. The average molecular weight is 177 g/mol. The first kappa shape index (κ1) is 8.42. The summed E-state index contributed by atoms with van der Waals surface area (Å²) in [5.41, 5.74) is 2.60. The lowest BCUT2D eigenvalue weighted by molar-refractivity contribution is 0.407. The molecule has 1 atom stereocenters. The fourth-order valence-electron chi connectivity index (χ4n) is 1.98. The predicted molar refractivity (Wildman–Crippen MR) is 54.5 cm³/mol. The molecular formula is C11H15NO. The molecule has 0 spiro atoms. The van der Waals surface area contributed by atoms with Crippen molar-refractivity contribution in [2.24, 2.45) is 0 Å². The van der Waals surface area contributed by atoms with Crippen molar-refractivity contribution < 1.29 is 4.74 Å². The Bertz CT molecular complexity index is 309. The average Bonchev–Trinajstić information content (AvgIpc) is 2.60. The third kappa shape index (κ3) is 1.26. The van der Waals surface area contributed by atoms with Gasteiger partial charge in [0.15, 0.2) is 0 Å². The van der Waals surface area contributed by atoms with Crippen molar-refractivity contribution in [3.05, 3.63) is 23.8 Å². The number of hydrogen-bond acceptors (Lipinski definition) is 2. The Balaban J connectivity index is 2.46. The van der Waals surface area contributed by atoms with Crippen molar-refractivity contribution in [3.8, 4) is 5.75 Å². The fourth-order valence-corrected chi connectivity index (χ4v) is 1.98. The van der Waals surface area contributed by atoms with Crippen molar-refractivity contribution in [2.45, 2.75) is 19.3 Å². The predicted octanol–water partition coefficient (Wildman–Crippen LogP) is 2.61. The van der Waals surface area contributed by atoms with Crippen molar-refractivity contribution in [1.29, 1.82) is 0 Å². The third-order valence-electron chi connectivity index (χ3n) is 2.73. The van der Waals surface area contributed by atoms with E-state index in [1.54, 1.807) is 7.11 Å². The van der Waals surface area contributed by atoms with Gasteiger partial charge in [0, 0.05) is 23.7 Å². The van der Waals surface area contributed by atoms with E-state index in [0.29, 0.717) is 5.92 Å². The molecule has 2 rings (SSSR count). The number of hydrogen-bond donors (Lipinski definition) is 1. The van der Waals surface area contributed by atoms with Gasteiger partial charge in [-0.2, -0.15) is 0 Å². The van der Waals surface area contributed by atoms with Crippen molar-refractivity contribution >= 4 is 5.69 Å². The van der Waals surface area contributed by atoms with Crippen molar-refractivity contribution in [2.75, 3.05) is 19.0 Å². The van der Waals surface area contributed by atoms with Crippen LogP contribution in [0.15, 0.2) is 18.2 Å². The lowest BCUT2D eigenvalue weighted by atomic mass is 9.98. The first-order valence-corrected chi connectivity index (χ1v) is 4.77. The molecule has 0 fully saturated rings. The van der Waals surface area contributed by atoms with Crippen LogP contribution in [0.1, 0.15) is 24.8 Å². The molecule has 1 aliphatic rings. The van der Waals surface area contributed by atoms with E-state index in [-0.39, 0.29) is 0 Å². The smallest absolute Gasteiger partial charge is 0.124 e. The topological polar surface area (TPSA) is 21.3 Å². The number of benzene rings is 1. The van der Waals surface area contributed by atoms with E-state index >= 15 is 0 Å². The Hall–Kier alpha value is -1.18. The van der Waals surface area contributed by atoms with Gasteiger partial charge in [0.1, 0.15) is 5.75 Å². The van der Waals surface area contributed by atoms with E-state index in [9.17, 15) is 0 Å². The van der Waals surface area contributed by atoms with Crippen LogP contribution in [0.25, 0.3) is 0 Å². The number of fused-ring (bicyclic) bond motifs is 1. The van der Waals surface area contributed by atoms with E-state index in [2.05, 4.69) is 18.3 Å². The summed E-state index contributed by atoms with van der Waals surface area (Å²) in [6.07, 6.45) is 1.17. The van der Waals surface area contributed by atoms with Gasteiger partial charge in [0.25, 0.3) is 0 Å². The zero-order chi connectivity index (χ0) is 9.26. The zero-order valence-corrected chi connectivity index (χ0v) is 8.13. The van der Waals surface area contributed by atoms with Crippen LogP contribution in [0, 0.1) is 0 Å². The highest BCUT2D eigenvalue weighted by Crippen LogP contribution is 2.39. The van der Waals surface area contributed by atoms with Gasteiger partial charge in [-0.3, -0.25) is 0 Å². The zero-order valence-electron chi connectivity index (χ0n) is 8.13. The Morgan fingerprint density at radius 2 is 2.38 bits per heavy atom. The summed E-state index contributed by atoms with van der Waals surface area (Å²) in [5.74, 6) is 1.64. The van der Waals surface area contributed by atoms with Crippen LogP contribution in [0.3, 0.4) is 0 Å². The molecular weight excluding hydrogens is 162 g/mol. The maximum Gasteiger partial charge on any atom is 0.124 e. The maximum absolute atomic E-state index is 5.35. The van der Waals surface area contributed by atoms with Crippen LogP contribution in [0.5, 0.6) is 5.75 Å². The Kier molecular flexibility index (Phi) is 2.13. The van der Waals surface area contributed by atoms with E-state index < -0.39 is 0 Å². The monoisotopic (exact) mass is 177 g/mol. The summed E-state index contributed by atoms with van der Waals surface area (Å²) in [7, 11) is 1.74. The number of rotatable bonds is 2. The summed E-state index contributed by atoms with van der Waals surface area (Å²) in [6.45, 7) is 3.26. The summed E-state index contributed by atoms with van der Waals surface area (Å²) in [6, 6.07) is 6.19. The number of methoxy groups -OCH3 is 1. The second kappa shape index (κ2) is 3.29. The van der Waals surface area contributed by atoms with E-state index in [1.807, 2.05) is 12.1 Å². The Labute approximate surface area is 78.9 Å². The molecule has 0 aliphatic carbocycles. The van der Waals surface area contributed by atoms with Crippen LogP contribution >= 0.6 is 0 Å². The van der Waals surface area contributed by atoms with Gasteiger partial charge in [-0.05, 0) is 18.6 Å². The third-order valence-corrected chi connectivity index (χ3v) is 2.73. The molecule has 0 bridgehead atoms. The van der Waals surface area contributed by atoms with Gasteiger partial charge >= 0.3 is 0 Å². The molecule has 1 aromatic rings. The number of nitrogens with one attached hydrogen (secondary N) is 1. The SMILES string of the molecule is CCC1CNc2cccc(OC)c21. The van der Waals surface area contributed by atoms with Gasteiger partial charge in [-0.25, -0.2) is 0 Å². The van der Waals surface area contributed by atoms with Gasteiger partial charge in [-0.1, -0.05) is 13.0 Å². The van der Waals surface area contributed by atoms with Crippen molar-refractivity contribution in [1.82, 2.24) is 0 Å². The molecule has 0 saturated heterocycles. The fraction of sp³-hybridized carbons (Fsp3) is 0.455.